The van der Waals surface area contributed by atoms with Crippen LogP contribution in [0.2, 0.25) is 0 Å². The molecule has 5 nitrogen and oxygen atoms in total. The third-order valence-corrected chi connectivity index (χ3v) is 7.53. The number of hydrogen-bond donors (Lipinski definition) is 0. The van der Waals surface area contributed by atoms with E-state index in [1.54, 1.807) is 11.3 Å². The van der Waals surface area contributed by atoms with Gasteiger partial charge in [0.15, 0.2) is 0 Å². The molecule has 0 aliphatic carbocycles. The van der Waals surface area contributed by atoms with Gasteiger partial charge in [-0.3, -0.25) is 9.20 Å². The van der Waals surface area contributed by atoms with Crippen LogP contribution in [0.3, 0.4) is 0 Å². The molecule has 4 rings (SSSR count). The van der Waals surface area contributed by atoms with Crippen molar-refractivity contribution in [2.45, 2.75) is 50.8 Å². The lowest BCUT2D eigenvalue weighted by molar-refractivity contribution is -0.118. The van der Waals surface area contributed by atoms with Gasteiger partial charge in [0.2, 0.25) is 5.91 Å². The topological polar surface area (TPSA) is 50.5 Å². The molecule has 0 radical (unpaired) electrons. The lowest BCUT2D eigenvalue weighted by Gasteiger charge is -2.25. The molecule has 1 amide bonds. The summed E-state index contributed by atoms with van der Waals surface area (Å²) in [5.41, 5.74) is 3.15. The highest BCUT2D eigenvalue weighted by Gasteiger charge is 2.26. The molecule has 0 saturated carbocycles. The quantitative estimate of drug-likeness (QED) is 0.345. The average molecular weight is 439 g/mol. The van der Waals surface area contributed by atoms with E-state index in [0.29, 0.717) is 6.54 Å². The van der Waals surface area contributed by atoms with E-state index in [0.717, 1.165) is 34.9 Å². The Hall–Kier alpha value is -2.38. The molecule has 4 aromatic rings. The first-order valence-corrected chi connectivity index (χ1v) is 12.1. The summed E-state index contributed by atoms with van der Waals surface area (Å²) in [7, 11) is 0. The normalized spacial score (nSPS) is 12.5. The van der Waals surface area contributed by atoms with Crippen molar-refractivity contribution < 1.29 is 4.79 Å². The summed E-state index contributed by atoms with van der Waals surface area (Å²) in [5.74, 6) is 1.06. The summed E-state index contributed by atoms with van der Waals surface area (Å²) < 4.78 is 3.44. The number of carbonyl (C=O) groups excluding carboxylic acids is 1. The summed E-state index contributed by atoms with van der Waals surface area (Å²) >= 11 is 3.31. The zero-order valence-electron chi connectivity index (χ0n) is 17.8. The van der Waals surface area contributed by atoms with Crippen LogP contribution >= 0.6 is 23.1 Å². The number of benzene rings is 1. The largest absolute Gasteiger partial charge is 0.312 e. The third-order valence-electron chi connectivity index (χ3n) is 5.21. The SMILES string of the molecule is CCc1nnc(S[C@@H](CC)C(=O)N(CC)c2ccccc2)c2cc3sc(C)cc3n12. The van der Waals surface area contributed by atoms with E-state index in [1.807, 2.05) is 42.2 Å². The number of aromatic nitrogens is 3. The molecule has 3 aromatic heterocycles. The predicted molar refractivity (Wildman–Crippen MR) is 127 cm³/mol. The number of fused-ring (bicyclic) bond motifs is 3. The standard InChI is InChI=1S/C23H26N4OS2/c1-5-19(23(28)26(7-3)16-11-9-8-10-12-16)30-22-18-14-20-17(13-15(4)29-20)27(18)21(6-2)24-25-22/h8-14,19H,5-7H2,1-4H3/t19-/m0/s1. The Morgan fingerprint density at radius 3 is 2.57 bits per heavy atom. The number of carbonyl (C=O) groups is 1. The van der Waals surface area contributed by atoms with Crippen LogP contribution in [0.25, 0.3) is 15.7 Å². The van der Waals surface area contributed by atoms with Crippen LogP contribution < -0.4 is 4.90 Å². The molecule has 0 N–H and O–H groups in total. The first-order valence-electron chi connectivity index (χ1n) is 10.4. The lowest BCUT2D eigenvalue weighted by Crippen LogP contribution is -2.37. The minimum Gasteiger partial charge on any atom is -0.312 e. The van der Waals surface area contributed by atoms with Crippen LogP contribution in [0.15, 0.2) is 47.5 Å². The molecule has 0 fully saturated rings. The van der Waals surface area contributed by atoms with Gasteiger partial charge in [0.1, 0.15) is 10.9 Å². The van der Waals surface area contributed by atoms with E-state index in [9.17, 15) is 4.79 Å². The van der Waals surface area contributed by atoms with Crippen LogP contribution in [-0.4, -0.2) is 32.3 Å². The second kappa shape index (κ2) is 8.78. The molecule has 0 spiro atoms. The zero-order chi connectivity index (χ0) is 21.3. The van der Waals surface area contributed by atoms with Crippen LogP contribution in [0.4, 0.5) is 5.69 Å². The van der Waals surface area contributed by atoms with Crippen molar-refractivity contribution in [1.82, 2.24) is 14.6 Å². The molecule has 7 heteroatoms. The molecule has 3 heterocycles. The predicted octanol–water partition coefficient (Wildman–Crippen LogP) is 5.74. The Kier molecular flexibility index (Phi) is 6.11. The molecule has 1 atom stereocenters. The fraction of sp³-hybridized carbons (Fsp3) is 0.348. The second-order valence-electron chi connectivity index (χ2n) is 7.18. The number of thiophene rings is 1. The number of thioether (sulfide) groups is 1. The summed E-state index contributed by atoms with van der Waals surface area (Å²) in [6, 6.07) is 14.3. The third kappa shape index (κ3) is 3.72. The van der Waals surface area contributed by atoms with Crippen molar-refractivity contribution in [2.75, 3.05) is 11.4 Å². The van der Waals surface area contributed by atoms with Gasteiger partial charge >= 0.3 is 0 Å². The fourth-order valence-electron chi connectivity index (χ4n) is 3.75. The molecule has 0 saturated heterocycles. The van der Waals surface area contributed by atoms with Crippen molar-refractivity contribution >= 4 is 50.4 Å². The molecular formula is C23H26N4OS2. The minimum absolute atomic E-state index is 0.111. The van der Waals surface area contributed by atoms with Gasteiger partial charge in [-0.15, -0.1) is 21.5 Å². The maximum absolute atomic E-state index is 13.4. The van der Waals surface area contributed by atoms with Gasteiger partial charge in [-0.25, -0.2) is 0 Å². The smallest absolute Gasteiger partial charge is 0.240 e. The molecule has 0 bridgehead atoms. The fourth-order valence-corrected chi connectivity index (χ4v) is 5.72. The maximum atomic E-state index is 13.4. The second-order valence-corrected chi connectivity index (χ2v) is 9.66. The highest BCUT2D eigenvalue weighted by molar-refractivity contribution is 8.00. The van der Waals surface area contributed by atoms with Gasteiger partial charge < -0.3 is 4.90 Å². The molecule has 0 unspecified atom stereocenters. The minimum atomic E-state index is -0.217. The Labute approximate surface area is 185 Å². The van der Waals surface area contributed by atoms with E-state index in [1.165, 1.54) is 26.9 Å². The van der Waals surface area contributed by atoms with E-state index in [2.05, 4.69) is 47.5 Å². The van der Waals surface area contributed by atoms with Crippen molar-refractivity contribution in [3.8, 4) is 0 Å². The van der Waals surface area contributed by atoms with E-state index < -0.39 is 0 Å². The molecule has 0 aliphatic rings. The van der Waals surface area contributed by atoms with Gasteiger partial charge in [0, 0.05) is 23.5 Å². The van der Waals surface area contributed by atoms with E-state index in [-0.39, 0.29) is 11.2 Å². The Morgan fingerprint density at radius 2 is 1.90 bits per heavy atom. The summed E-state index contributed by atoms with van der Waals surface area (Å²) in [5, 5.41) is 9.63. The van der Waals surface area contributed by atoms with Gasteiger partial charge in [-0.1, -0.05) is 43.8 Å². The van der Waals surface area contributed by atoms with E-state index >= 15 is 0 Å². The number of rotatable bonds is 7. The average Bonchev–Trinajstić information content (AvgIpc) is 3.29. The highest BCUT2D eigenvalue weighted by atomic mass is 32.2. The molecular weight excluding hydrogens is 412 g/mol. The number of hydrogen-bond acceptors (Lipinski definition) is 5. The van der Waals surface area contributed by atoms with Crippen LogP contribution in [0, 0.1) is 6.92 Å². The van der Waals surface area contributed by atoms with Gasteiger partial charge in [0.25, 0.3) is 0 Å². The lowest BCUT2D eigenvalue weighted by atomic mass is 10.2. The van der Waals surface area contributed by atoms with Crippen molar-refractivity contribution in [2.24, 2.45) is 0 Å². The Balaban J connectivity index is 1.71. The number of nitrogens with zero attached hydrogens (tertiary/aromatic N) is 4. The zero-order valence-corrected chi connectivity index (χ0v) is 19.4. The van der Waals surface area contributed by atoms with Gasteiger partial charge in [-0.2, -0.15) is 0 Å². The summed E-state index contributed by atoms with van der Waals surface area (Å²) in [6.45, 7) is 8.93. The monoisotopic (exact) mass is 438 g/mol. The molecule has 1 aromatic carbocycles. The molecule has 156 valence electrons. The first-order chi connectivity index (χ1) is 14.6. The maximum Gasteiger partial charge on any atom is 0.240 e. The van der Waals surface area contributed by atoms with E-state index in [4.69, 9.17) is 0 Å². The number of para-hydroxylation sites is 1. The van der Waals surface area contributed by atoms with Crippen LogP contribution in [0.1, 0.15) is 37.9 Å². The van der Waals surface area contributed by atoms with Gasteiger partial charge in [0.05, 0.1) is 21.0 Å². The van der Waals surface area contributed by atoms with Crippen molar-refractivity contribution in [3.05, 3.63) is 53.2 Å². The van der Waals surface area contributed by atoms with Crippen molar-refractivity contribution in [1.29, 1.82) is 0 Å². The number of amides is 1. The molecule has 0 aliphatic heterocycles. The number of aryl methyl sites for hydroxylation is 2. The highest BCUT2D eigenvalue weighted by Crippen LogP contribution is 2.35. The Morgan fingerprint density at radius 1 is 1.13 bits per heavy atom. The Bertz CT molecular complexity index is 1180. The van der Waals surface area contributed by atoms with Crippen LogP contribution in [-0.2, 0) is 11.2 Å². The number of anilines is 1. The summed E-state index contributed by atoms with van der Waals surface area (Å²) in [4.78, 5) is 16.5. The van der Waals surface area contributed by atoms with Gasteiger partial charge in [-0.05, 0) is 44.5 Å². The first kappa shape index (κ1) is 20.9. The van der Waals surface area contributed by atoms with Crippen LogP contribution in [0.5, 0.6) is 0 Å². The molecule has 30 heavy (non-hydrogen) atoms. The summed E-state index contributed by atoms with van der Waals surface area (Å²) in [6.07, 6.45) is 1.53. The van der Waals surface area contributed by atoms with Crippen molar-refractivity contribution in [3.63, 3.8) is 0 Å².